The van der Waals surface area contributed by atoms with Crippen LogP contribution in [0, 0.1) is 5.41 Å². The monoisotopic (exact) mass is 262 g/mol. The Morgan fingerprint density at radius 2 is 2.11 bits per heavy atom. The molecule has 1 heterocycles. The third-order valence-electron chi connectivity index (χ3n) is 4.53. The molecule has 3 heteroatoms. The molecule has 1 aliphatic carbocycles. The van der Waals surface area contributed by atoms with Crippen LogP contribution in [0.5, 0.6) is 11.5 Å². The first-order valence-electron chi connectivity index (χ1n) is 6.98. The molecule has 0 radical (unpaired) electrons. The lowest BCUT2D eigenvalue weighted by molar-refractivity contribution is -0.0156. The summed E-state index contributed by atoms with van der Waals surface area (Å²) in [5, 5.41) is 10.4. The van der Waals surface area contributed by atoms with E-state index < -0.39 is 6.10 Å². The van der Waals surface area contributed by atoms with E-state index in [0.29, 0.717) is 11.8 Å². The van der Waals surface area contributed by atoms with Crippen molar-refractivity contribution in [2.45, 2.75) is 51.2 Å². The van der Waals surface area contributed by atoms with Crippen LogP contribution in [0.25, 0.3) is 0 Å². The van der Waals surface area contributed by atoms with Gasteiger partial charge in [-0.1, -0.05) is 13.8 Å². The van der Waals surface area contributed by atoms with Gasteiger partial charge in [-0.3, -0.25) is 0 Å². The normalized spacial score (nSPS) is 31.9. The van der Waals surface area contributed by atoms with Gasteiger partial charge in [-0.15, -0.1) is 0 Å². The molecule has 0 bridgehead atoms. The molecular formula is C16H22O3. The second kappa shape index (κ2) is 4.14. The zero-order valence-electron chi connectivity index (χ0n) is 11.9. The van der Waals surface area contributed by atoms with E-state index in [4.69, 9.17) is 9.47 Å². The lowest BCUT2D eigenvalue weighted by atomic mass is 9.83. The van der Waals surface area contributed by atoms with Gasteiger partial charge in [0, 0.05) is 12.0 Å². The maximum absolute atomic E-state index is 10.4. The van der Waals surface area contributed by atoms with Crippen molar-refractivity contribution in [3.8, 4) is 11.5 Å². The first kappa shape index (κ1) is 12.8. The molecule has 1 spiro atoms. The van der Waals surface area contributed by atoms with Crippen LogP contribution in [0.3, 0.4) is 0 Å². The van der Waals surface area contributed by atoms with E-state index in [1.807, 2.05) is 18.2 Å². The van der Waals surface area contributed by atoms with Crippen LogP contribution in [-0.2, 0) is 0 Å². The van der Waals surface area contributed by atoms with Gasteiger partial charge in [0.15, 0.2) is 0 Å². The van der Waals surface area contributed by atoms with Crippen LogP contribution in [0.1, 0.15) is 51.2 Å². The number of benzene rings is 1. The van der Waals surface area contributed by atoms with E-state index in [9.17, 15) is 5.11 Å². The highest BCUT2D eigenvalue weighted by Gasteiger charge is 2.49. The van der Waals surface area contributed by atoms with Crippen molar-refractivity contribution in [1.29, 1.82) is 0 Å². The van der Waals surface area contributed by atoms with Crippen molar-refractivity contribution >= 4 is 0 Å². The third kappa shape index (κ3) is 2.20. The SMILES string of the molecule is COc1ccc2c(c1)[C@@H](O)CC1(CCC(C)(C)C1)O2. The second-order valence-corrected chi connectivity index (χ2v) is 6.75. The zero-order chi connectivity index (χ0) is 13.7. The van der Waals surface area contributed by atoms with Gasteiger partial charge < -0.3 is 14.6 Å². The molecule has 1 fully saturated rings. The minimum absolute atomic E-state index is 0.176. The Kier molecular flexibility index (Phi) is 2.79. The van der Waals surface area contributed by atoms with Gasteiger partial charge in [0.1, 0.15) is 17.1 Å². The summed E-state index contributed by atoms with van der Waals surface area (Å²) >= 11 is 0. The van der Waals surface area contributed by atoms with Gasteiger partial charge in [0.25, 0.3) is 0 Å². The van der Waals surface area contributed by atoms with Crippen LogP contribution in [0.2, 0.25) is 0 Å². The van der Waals surface area contributed by atoms with E-state index in [1.165, 1.54) is 0 Å². The van der Waals surface area contributed by atoms with Crippen molar-refractivity contribution in [3.05, 3.63) is 23.8 Å². The quantitative estimate of drug-likeness (QED) is 0.842. The molecule has 104 valence electrons. The highest BCUT2D eigenvalue weighted by atomic mass is 16.5. The van der Waals surface area contributed by atoms with Gasteiger partial charge in [-0.25, -0.2) is 0 Å². The number of ether oxygens (including phenoxy) is 2. The van der Waals surface area contributed by atoms with E-state index in [1.54, 1.807) is 7.11 Å². The molecule has 1 aromatic rings. The van der Waals surface area contributed by atoms with Crippen molar-refractivity contribution in [2.24, 2.45) is 5.41 Å². The van der Waals surface area contributed by atoms with E-state index in [-0.39, 0.29) is 5.60 Å². The van der Waals surface area contributed by atoms with Crippen LogP contribution < -0.4 is 9.47 Å². The largest absolute Gasteiger partial charge is 0.497 e. The Morgan fingerprint density at radius 3 is 2.74 bits per heavy atom. The molecule has 0 amide bonds. The fourth-order valence-corrected chi connectivity index (χ4v) is 3.62. The Balaban J connectivity index is 1.93. The van der Waals surface area contributed by atoms with Gasteiger partial charge >= 0.3 is 0 Å². The third-order valence-corrected chi connectivity index (χ3v) is 4.53. The summed E-state index contributed by atoms with van der Waals surface area (Å²) < 4.78 is 11.5. The minimum atomic E-state index is -0.451. The number of aliphatic hydroxyl groups excluding tert-OH is 1. The molecule has 3 rings (SSSR count). The smallest absolute Gasteiger partial charge is 0.126 e. The van der Waals surface area contributed by atoms with Gasteiger partial charge in [-0.2, -0.15) is 0 Å². The molecule has 19 heavy (non-hydrogen) atoms. The summed E-state index contributed by atoms with van der Waals surface area (Å²) in [6.07, 6.45) is 3.44. The Morgan fingerprint density at radius 1 is 1.32 bits per heavy atom. The lowest BCUT2D eigenvalue weighted by Gasteiger charge is -2.39. The molecule has 1 saturated carbocycles. The first-order chi connectivity index (χ1) is 8.93. The summed E-state index contributed by atoms with van der Waals surface area (Å²) in [6, 6.07) is 5.70. The number of aliphatic hydroxyl groups is 1. The van der Waals surface area contributed by atoms with E-state index in [0.717, 1.165) is 36.3 Å². The van der Waals surface area contributed by atoms with Crippen molar-refractivity contribution in [2.75, 3.05) is 7.11 Å². The fraction of sp³-hybridized carbons (Fsp3) is 0.625. The fourth-order valence-electron chi connectivity index (χ4n) is 3.62. The minimum Gasteiger partial charge on any atom is -0.497 e. The first-order valence-corrected chi connectivity index (χ1v) is 6.98. The van der Waals surface area contributed by atoms with Crippen molar-refractivity contribution in [1.82, 2.24) is 0 Å². The van der Waals surface area contributed by atoms with Gasteiger partial charge in [-0.05, 0) is 42.9 Å². The average molecular weight is 262 g/mol. The summed E-state index contributed by atoms with van der Waals surface area (Å²) in [4.78, 5) is 0. The summed E-state index contributed by atoms with van der Waals surface area (Å²) in [5.74, 6) is 1.58. The summed E-state index contributed by atoms with van der Waals surface area (Å²) in [7, 11) is 1.64. The van der Waals surface area contributed by atoms with E-state index in [2.05, 4.69) is 13.8 Å². The number of rotatable bonds is 1. The lowest BCUT2D eigenvalue weighted by Crippen LogP contribution is -2.39. The number of hydrogen-bond acceptors (Lipinski definition) is 3. The highest BCUT2D eigenvalue weighted by molar-refractivity contribution is 5.43. The molecule has 1 unspecified atom stereocenters. The van der Waals surface area contributed by atoms with Gasteiger partial charge in [0.05, 0.1) is 13.2 Å². The number of methoxy groups -OCH3 is 1. The van der Waals surface area contributed by atoms with Crippen LogP contribution in [-0.4, -0.2) is 17.8 Å². The topological polar surface area (TPSA) is 38.7 Å². The zero-order valence-corrected chi connectivity index (χ0v) is 11.9. The van der Waals surface area contributed by atoms with Crippen LogP contribution in [0.15, 0.2) is 18.2 Å². The Labute approximate surface area is 114 Å². The second-order valence-electron chi connectivity index (χ2n) is 6.75. The average Bonchev–Trinajstić information content (AvgIpc) is 2.64. The molecule has 2 aliphatic rings. The van der Waals surface area contributed by atoms with Crippen molar-refractivity contribution in [3.63, 3.8) is 0 Å². The maximum Gasteiger partial charge on any atom is 0.126 e. The molecular weight excluding hydrogens is 240 g/mol. The number of hydrogen-bond donors (Lipinski definition) is 1. The summed E-state index contributed by atoms with van der Waals surface area (Å²) in [5.41, 5.74) is 0.989. The summed E-state index contributed by atoms with van der Waals surface area (Å²) in [6.45, 7) is 4.56. The molecule has 1 aromatic carbocycles. The van der Waals surface area contributed by atoms with Crippen LogP contribution in [0.4, 0.5) is 0 Å². The molecule has 1 aliphatic heterocycles. The predicted molar refractivity (Wildman–Crippen MR) is 73.6 cm³/mol. The molecule has 0 saturated heterocycles. The molecule has 0 aromatic heterocycles. The highest BCUT2D eigenvalue weighted by Crippen LogP contribution is 2.53. The molecule has 3 nitrogen and oxygen atoms in total. The predicted octanol–water partition coefficient (Wildman–Crippen LogP) is 3.46. The standard InChI is InChI=1S/C16H22O3/c1-15(2)6-7-16(10-15)9-13(17)12-8-11(18-3)4-5-14(12)19-16/h4-5,8,13,17H,6-7,9-10H2,1-3H3/t13-,16?/m0/s1. The Bertz CT molecular complexity index is 495. The number of fused-ring (bicyclic) bond motifs is 1. The Hall–Kier alpha value is -1.22. The molecule has 2 atom stereocenters. The maximum atomic E-state index is 10.4. The van der Waals surface area contributed by atoms with Gasteiger partial charge in [0.2, 0.25) is 0 Å². The van der Waals surface area contributed by atoms with Crippen LogP contribution >= 0.6 is 0 Å². The molecule has 1 N–H and O–H groups in total. The van der Waals surface area contributed by atoms with E-state index >= 15 is 0 Å². The van der Waals surface area contributed by atoms with Crippen molar-refractivity contribution < 1.29 is 14.6 Å².